The monoisotopic (exact) mass is 619 g/mol. The maximum absolute atomic E-state index is 15.6. The summed E-state index contributed by atoms with van der Waals surface area (Å²) < 4.78 is 43.0. The Hall–Kier alpha value is -4.50. The smallest absolute Gasteiger partial charge is 0.340 e. The molecule has 0 spiro atoms. The molecule has 5 aromatic rings. The zero-order valence-electron chi connectivity index (χ0n) is 22.8. The standard InChI is InChI=1S/C31H24ClF2N5O3S/c1-20(29-38-28(15-43-29)22-8-6-21(14-35)7-9-22)31(16-39-18-36-17-37-39,26-11-10-24(33)12-27(26)34)42-19-41-30(40)25-5-3-2-4-23(25)13-32/h2-12,15,17-18,20H,13,16,19H2,1H3/t20-,31+/m0/s1. The van der Waals surface area contributed by atoms with Gasteiger partial charge in [0.05, 0.1) is 34.4 Å². The van der Waals surface area contributed by atoms with Crippen molar-refractivity contribution in [3.63, 3.8) is 0 Å². The Bertz CT molecular complexity index is 1760. The Morgan fingerprint density at radius 3 is 2.65 bits per heavy atom. The third-order valence-corrected chi connectivity index (χ3v) is 8.36. The zero-order valence-corrected chi connectivity index (χ0v) is 24.4. The number of carbonyl (C=O) groups is 1. The summed E-state index contributed by atoms with van der Waals surface area (Å²) in [5.41, 5.74) is 1.24. The summed E-state index contributed by atoms with van der Waals surface area (Å²) in [6, 6.07) is 19.0. The van der Waals surface area contributed by atoms with E-state index in [0.29, 0.717) is 21.8 Å². The van der Waals surface area contributed by atoms with E-state index < -0.39 is 35.9 Å². The van der Waals surface area contributed by atoms with Gasteiger partial charge in [-0.2, -0.15) is 10.4 Å². The SMILES string of the molecule is C[C@@H](c1nc(-c2ccc(C#N)cc2)cs1)[C@@](Cn1cncn1)(OCOC(=O)c1ccccc1CCl)c1ccc(F)cc1F. The number of rotatable bonds is 11. The van der Waals surface area contributed by atoms with E-state index in [1.165, 1.54) is 34.7 Å². The van der Waals surface area contributed by atoms with Crippen molar-refractivity contribution in [2.24, 2.45) is 0 Å². The van der Waals surface area contributed by atoms with Crippen LogP contribution in [0.4, 0.5) is 8.78 Å². The fraction of sp³-hybridized carbons (Fsp3) is 0.194. The summed E-state index contributed by atoms with van der Waals surface area (Å²) in [7, 11) is 0. The molecule has 0 aliphatic carbocycles. The van der Waals surface area contributed by atoms with Crippen molar-refractivity contribution in [2.75, 3.05) is 6.79 Å². The molecule has 0 saturated heterocycles. The van der Waals surface area contributed by atoms with Crippen LogP contribution in [0.5, 0.6) is 0 Å². The van der Waals surface area contributed by atoms with Gasteiger partial charge in [-0.1, -0.05) is 43.3 Å². The van der Waals surface area contributed by atoms with E-state index in [2.05, 4.69) is 16.2 Å². The number of thiazole rings is 1. The fourth-order valence-electron chi connectivity index (χ4n) is 4.73. The first kappa shape index (κ1) is 30.0. The van der Waals surface area contributed by atoms with Crippen LogP contribution in [-0.2, 0) is 27.5 Å². The van der Waals surface area contributed by atoms with Crippen LogP contribution in [0, 0.1) is 23.0 Å². The molecule has 8 nitrogen and oxygen atoms in total. The highest BCUT2D eigenvalue weighted by atomic mass is 35.5. The highest BCUT2D eigenvalue weighted by Crippen LogP contribution is 2.44. The largest absolute Gasteiger partial charge is 0.435 e. The van der Waals surface area contributed by atoms with Crippen LogP contribution in [-0.4, -0.2) is 32.5 Å². The lowest BCUT2D eigenvalue weighted by Gasteiger charge is -2.38. The first-order chi connectivity index (χ1) is 20.8. The molecule has 5 rings (SSSR count). The van der Waals surface area contributed by atoms with Gasteiger partial charge in [0.25, 0.3) is 0 Å². The van der Waals surface area contributed by atoms with E-state index >= 15 is 4.39 Å². The van der Waals surface area contributed by atoms with Crippen molar-refractivity contribution in [1.82, 2.24) is 19.7 Å². The Morgan fingerprint density at radius 1 is 1.16 bits per heavy atom. The van der Waals surface area contributed by atoms with Crippen molar-refractivity contribution in [2.45, 2.75) is 30.9 Å². The summed E-state index contributed by atoms with van der Waals surface area (Å²) in [5, 5.41) is 15.7. The molecular formula is C31H24ClF2N5O3S. The van der Waals surface area contributed by atoms with Crippen molar-refractivity contribution in [3.8, 4) is 17.3 Å². The second kappa shape index (κ2) is 13.2. The summed E-state index contributed by atoms with van der Waals surface area (Å²) >= 11 is 7.32. The van der Waals surface area contributed by atoms with Crippen molar-refractivity contribution >= 4 is 28.9 Å². The third kappa shape index (κ3) is 6.46. The summed E-state index contributed by atoms with van der Waals surface area (Å²) in [6.45, 7) is 1.16. The molecule has 3 aromatic carbocycles. The van der Waals surface area contributed by atoms with Crippen molar-refractivity contribution < 1.29 is 23.0 Å². The van der Waals surface area contributed by atoms with Crippen LogP contribution >= 0.6 is 22.9 Å². The lowest BCUT2D eigenvalue weighted by molar-refractivity contribution is -0.148. The predicted octanol–water partition coefficient (Wildman–Crippen LogP) is 6.82. The number of ether oxygens (including phenoxy) is 2. The summed E-state index contributed by atoms with van der Waals surface area (Å²) in [5.74, 6) is -2.84. The van der Waals surface area contributed by atoms with Gasteiger partial charge < -0.3 is 9.47 Å². The number of aromatic nitrogens is 4. The van der Waals surface area contributed by atoms with Gasteiger partial charge in [-0.15, -0.1) is 22.9 Å². The second-order valence-electron chi connectivity index (χ2n) is 9.57. The molecule has 0 radical (unpaired) electrons. The van der Waals surface area contributed by atoms with Gasteiger partial charge in [0.15, 0.2) is 6.79 Å². The van der Waals surface area contributed by atoms with Crippen LogP contribution in [0.25, 0.3) is 11.3 Å². The molecule has 0 unspecified atom stereocenters. The minimum atomic E-state index is -1.59. The van der Waals surface area contributed by atoms with Crippen LogP contribution in [0.3, 0.4) is 0 Å². The molecule has 12 heteroatoms. The predicted molar refractivity (Wildman–Crippen MR) is 156 cm³/mol. The zero-order chi connectivity index (χ0) is 30.4. The maximum atomic E-state index is 15.6. The Morgan fingerprint density at radius 2 is 1.95 bits per heavy atom. The van der Waals surface area contributed by atoms with E-state index in [1.54, 1.807) is 55.5 Å². The first-order valence-corrected chi connectivity index (χ1v) is 14.4. The minimum Gasteiger partial charge on any atom is -0.435 e. The highest BCUT2D eigenvalue weighted by molar-refractivity contribution is 7.10. The Kier molecular flexibility index (Phi) is 9.21. The topological polar surface area (TPSA) is 103 Å². The van der Waals surface area contributed by atoms with E-state index in [1.807, 2.05) is 5.38 Å². The van der Waals surface area contributed by atoms with E-state index in [-0.39, 0.29) is 23.6 Å². The number of nitriles is 1. The van der Waals surface area contributed by atoms with Gasteiger partial charge >= 0.3 is 5.97 Å². The molecule has 0 amide bonds. The van der Waals surface area contributed by atoms with E-state index in [0.717, 1.165) is 17.7 Å². The van der Waals surface area contributed by atoms with Gasteiger partial charge in [-0.3, -0.25) is 0 Å². The average molecular weight is 620 g/mol. The first-order valence-electron chi connectivity index (χ1n) is 13.0. The quantitative estimate of drug-likeness (QED) is 0.0908. The molecule has 0 aliphatic heterocycles. The normalized spacial score (nSPS) is 13.2. The number of esters is 1. The molecule has 0 aliphatic rings. The number of alkyl halides is 1. The number of carbonyl (C=O) groups excluding carboxylic acids is 1. The Labute approximate surface area is 255 Å². The minimum absolute atomic E-state index is 0.0178. The molecule has 0 fully saturated rings. The fourth-order valence-corrected chi connectivity index (χ4v) is 5.93. The molecule has 0 bridgehead atoms. The van der Waals surface area contributed by atoms with Gasteiger partial charge in [0, 0.05) is 34.4 Å². The molecule has 43 heavy (non-hydrogen) atoms. The molecular weight excluding hydrogens is 596 g/mol. The molecule has 0 N–H and O–H groups in total. The third-order valence-electron chi connectivity index (χ3n) is 7.04. The summed E-state index contributed by atoms with van der Waals surface area (Å²) in [6.07, 6.45) is 2.77. The average Bonchev–Trinajstić information content (AvgIpc) is 3.73. The van der Waals surface area contributed by atoms with E-state index in [4.69, 9.17) is 31.3 Å². The van der Waals surface area contributed by atoms with Crippen LogP contribution in [0.15, 0.2) is 84.8 Å². The molecule has 2 heterocycles. The Balaban J connectivity index is 1.54. The van der Waals surface area contributed by atoms with Crippen LogP contribution in [0.1, 0.15) is 44.9 Å². The van der Waals surface area contributed by atoms with Crippen LogP contribution < -0.4 is 0 Å². The maximum Gasteiger partial charge on any atom is 0.340 e. The van der Waals surface area contributed by atoms with Crippen molar-refractivity contribution in [1.29, 1.82) is 5.26 Å². The lowest BCUT2D eigenvalue weighted by atomic mass is 9.81. The molecule has 0 saturated carbocycles. The van der Waals surface area contributed by atoms with E-state index in [9.17, 15) is 9.18 Å². The molecule has 2 atom stereocenters. The summed E-state index contributed by atoms with van der Waals surface area (Å²) in [4.78, 5) is 21.8. The lowest BCUT2D eigenvalue weighted by Crippen LogP contribution is -2.42. The number of hydrogen-bond acceptors (Lipinski definition) is 8. The number of benzene rings is 3. The number of nitrogens with zero attached hydrogens (tertiary/aromatic N) is 5. The van der Waals surface area contributed by atoms with Gasteiger partial charge in [-0.05, 0) is 29.8 Å². The van der Waals surface area contributed by atoms with Crippen LogP contribution in [0.2, 0.25) is 0 Å². The number of halogens is 3. The van der Waals surface area contributed by atoms with Gasteiger partial charge in [-0.25, -0.2) is 28.2 Å². The van der Waals surface area contributed by atoms with Gasteiger partial charge in [0.1, 0.15) is 29.9 Å². The number of hydrogen-bond donors (Lipinski definition) is 0. The molecule has 2 aromatic heterocycles. The van der Waals surface area contributed by atoms with Gasteiger partial charge in [0.2, 0.25) is 0 Å². The highest BCUT2D eigenvalue weighted by Gasteiger charge is 2.45. The molecule has 218 valence electrons. The van der Waals surface area contributed by atoms with Crippen molar-refractivity contribution in [3.05, 3.63) is 124 Å². The second-order valence-corrected chi connectivity index (χ2v) is 10.7.